The molecule has 1 saturated heterocycles. The number of piperidine rings is 1. The molecule has 28 heavy (non-hydrogen) atoms. The number of anilines is 2. The Morgan fingerprint density at radius 3 is 2.11 bits per heavy atom. The fourth-order valence-electron chi connectivity index (χ4n) is 4.75. The number of hydrogen-bond donors (Lipinski definition) is 2. The lowest BCUT2D eigenvalue weighted by molar-refractivity contribution is -0.179. The highest BCUT2D eigenvalue weighted by Gasteiger charge is 2.41. The molecule has 0 atom stereocenters. The van der Waals surface area contributed by atoms with Gasteiger partial charge in [0.25, 0.3) is 0 Å². The first-order chi connectivity index (χ1) is 13.2. The molecule has 0 amide bonds. The van der Waals surface area contributed by atoms with Gasteiger partial charge in [0.2, 0.25) is 0 Å². The van der Waals surface area contributed by atoms with E-state index in [-0.39, 0.29) is 12.8 Å². The molecule has 158 valence electrons. The number of halogens is 3. The van der Waals surface area contributed by atoms with Crippen molar-refractivity contribution in [1.82, 2.24) is 0 Å². The van der Waals surface area contributed by atoms with Crippen molar-refractivity contribution >= 4 is 11.4 Å². The van der Waals surface area contributed by atoms with Crippen LogP contribution in [-0.2, 0) is 0 Å². The van der Waals surface area contributed by atoms with Crippen LogP contribution in [0.3, 0.4) is 0 Å². The third-order valence-corrected chi connectivity index (χ3v) is 6.59. The number of rotatable bonds is 5. The molecule has 1 aliphatic heterocycles. The molecule has 1 aromatic carbocycles. The van der Waals surface area contributed by atoms with Crippen LogP contribution in [0.1, 0.15) is 56.1 Å². The average Bonchev–Trinajstić information content (AvgIpc) is 2.64. The van der Waals surface area contributed by atoms with E-state index >= 15 is 0 Å². The van der Waals surface area contributed by atoms with Gasteiger partial charge in [-0.2, -0.15) is 13.2 Å². The highest BCUT2D eigenvalue weighted by atomic mass is 19.4. The number of benzene rings is 1. The quantitative estimate of drug-likeness (QED) is 0.699. The highest BCUT2D eigenvalue weighted by Crippen LogP contribution is 2.36. The lowest BCUT2D eigenvalue weighted by Crippen LogP contribution is -2.39. The Kier molecular flexibility index (Phi) is 6.79. The molecule has 0 aromatic heterocycles. The van der Waals surface area contributed by atoms with Crippen LogP contribution in [0.25, 0.3) is 0 Å². The second-order valence-electron chi connectivity index (χ2n) is 8.75. The van der Waals surface area contributed by atoms with Crippen molar-refractivity contribution in [3.63, 3.8) is 0 Å². The summed E-state index contributed by atoms with van der Waals surface area (Å²) in [5.41, 5.74) is 10.5. The van der Waals surface area contributed by atoms with Gasteiger partial charge in [-0.25, -0.2) is 0 Å². The molecule has 2 fully saturated rings. The predicted octanol–water partition coefficient (Wildman–Crippen LogP) is 5.40. The molecule has 3 nitrogen and oxygen atoms in total. The first-order valence-electron chi connectivity index (χ1n) is 10.7. The summed E-state index contributed by atoms with van der Waals surface area (Å²) in [4.78, 5) is 2.09. The Labute approximate surface area is 166 Å². The number of aryl methyl sites for hydroxylation is 2. The van der Waals surface area contributed by atoms with E-state index in [0.717, 1.165) is 37.4 Å². The molecule has 1 heterocycles. The van der Waals surface area contributed by atoms with E-state index in [4.69, 9.17) is 5.73 Å². The molecule has 2 aliphatic rings. The van der Waals surface area contributed by atoms with Crippen LogP contribution in [0.4, 0.5) is 24.5 Å². The van der Waals surface area contributed by atoms with Gasteiger partial charge >= 0.3 is 6.18 Å². The van der Waals surface area contributed by atoms with Crippen molar-refractivity contribution in [2.45, 2.75) is 71.0 Å². The summed E-state index contributed by atoms with van der Waals surface area (Å²) in [5, 5.41) is 3.60. The lowest BCUT2D eigenvalue weighted by atomic mass is 9.84. The molecule has 3 N–H and O–H groups in total. The molecular weight excluding hydrogens is 363 g/mol. The molecule has 1 saturated carbocycles. The Bertz CT molecular complexity index is 620. The van der Waals surface area contributed by atoms with Crippen molar-refractivity contribution in [2.24, 2.45) is 17.6 Å². The van der Waals surface area contributed by atoms with Crippen LogP contribution < -0.4 is 16.0 Å². The maximum Gasteiger partial charge on any atom is 0.391 e. The minimum Gasteiger partial charge on any atom is -0.385 e. The first kappa shape index (κ1) is 21.3. The van der Waals surface area contributed by atoms with Crippen molar-refractivity contribution in [2.75, 3.05) is 29.9 Å². The Morgan fingerprint density at radius 1 is 1.00 bits per heavy atom. The van der Waals surface area contributed by atoms with Crippen LogP contribution in [0.15, 0.2) is 12.1 Å². The standard InChI is InChI=1S/C22H34F3N3/c1-15-13-20(28-11-8-18(9-12-28)22(23,24)25)14-16(2)21(15)27-10-7-17-3-5-19(26)6-4-17/h13-14,17-19,27H,3-12,26H2,1-2H3. The third kappa shape index (κ3) is 5.34. The predicted molar refractivity (Wildman–Crippen MR) is 110 cm³/mol. The molecule has 3 rings (SSSR count). The van der Waals surface area contributed by atoms with Crippen molar-refractivity contribution in [3.05, 3.63) is 23.3 Å². The zero-order chi connectivity index (χ0) is 20.3. The molecule has 0 bridgehead atoms. The van der Waals surface area contributed by atoms with Gasteiger partial charge in [0.05, 0.1) is 5.92 Å². The number of hydrogen-bond acceptors (Lipinski definition) is 3. The second-order valence-corrected chi connectivity index (χ2v) is 8.75. The number of alkyl halides is 3. The van der Waals surface area contributed by atoms with E-state index in [9.17, 15) is 13.2 Å². The van der Waals surface area contributed by atoms with Crippen molar-refractivity contribution in [3.8, 4) is 0 Å². The monoisotopic (exact) mass is 397 g/mol. The minimum absolute atomic E-state index is 0.187. The van der Waals surface area contributed by atoms with Crippen molar-refractivity contribution < 1.29 is 13.2 Å². The van der Waals surface area contributed by atoms with Crippen LogP contribution in [0.2, 0.25) is 0 Å². The van der Waals surface area contributed by atoms with E-state index in [2.05, 4.69) is 36.2 Å². The summed E-state index contributed by atoms with van der Waals surface area (Å²) in [7, 11) is 0. The SMILES string of the molecule is Cc1cc(N2CCC(C(F)(F)F)CC2)cc(C)c1NCCC1CCC(N)CC1. The molecule has 0 radical (unpaired) electrons. The van der Waals surface area contributed by atoms with E-state index < -0.39 is 12.1 Å². The molecule has 6 heteroatoms. The van der Waals surface area contributed by atoms with Gasteiger partial charge in [0, 0.05) is 37.1 Å². The minimum atomic E-state index is -4.06. The summed E-state index contributed by atoms with van der Waals surface area (Å²) in [6.45, 7) is 6.07. The van der Waals surface area contributed by atoms with Crippen LogP contribution in [0.5, 0.6) is 0 Å². The molecule has 1 aromatic rings. The van der Waals surface area contributed by atoms with Gasteiger partial charge in [0.15, 0.2) is 0 Å². The van der Waals surface area contributed by atoms with E-state index in [1.165, 1.54) is 29.7 Å². The normalized spacial score (nSPS) is 24.4. The number of nitrogens with one attached hydrogen (secondary N) is 1. The Morgan fingerprint density at radius 2 is 1.57 bits per heavy atom. The number of nitrogens with zero attached hydrogens (tertiary/aromatic N) is 1. The highest BCUT2D eigenvalue weighted by molar-refractivity contribution is 5.65. The van der Waals surface area contributed by atoms with Crippen LogP contribution in [-0.4, -0.2) is 31.9 Å². The van der Waals surface area contributed by atoms with Gasteiger partial charge in [-0.1, -0.05) is 0 Å². The second kappa shape index (κ2) is 8.93. The van der Waals surface area contributed by atoms with E-state index in [1.807, 2.05) is 0 Å². The smallest absolute Gasteiger partial charge is 0.385 e. The largest absolute Gasteiger partial charge is 0.391 e. The Hall–Kier alpha value is -1.43. The summed E-state index contributed by atoms with van der Waals surface area (Å²) in [6, 6.07) is 4.62. The van der Waals surface area contributed by atoms with E-state index in [1.54, 1.807) is 0 Å². The number of nitrogens with two attached hydrogens (primary N) is 1. The molecular formula is C22H34F3N3. The molecule has 0 unspecified atom stereocenters. The van der Waals surface area contributed by atoms with Gasteiger partial charge in [-0.05, 0) is 88.0 Å². The summed E-state index contributed by atoms with van der Waals surface area (Å²) >= 11 is 0. The third-order valence-electron chi connectivity index (χ3n) is 6.59. The fraction of sp³-hybridized carbons (Fsp3) is 0.727. The van der Waals surface area contributed by atoms with Gasteiger partial charge in [-0.3, -0.25) is 0 Å². The maximum atomic E-state index is 12.9. The fourth-order valence-corrected chi connectivity index (χ4v) is 4.75. The summed E-state index contributed by atoms with van der Waals surface area (Å²) in [5.74, 6) is -0.386. The van der Waals surface area contributed by atoms with Gasteiger partial charge in [0.1, 0.15) is 0 Å². The zero-order valence-electron chi connectivity index (χ0n) is 17.1. The molecule has 0 spiro atoms. The van der Waals surface area contributed by atoms with E-state index in [0.29, 0.717) is 19.1 Å². The summed E-state index contributed by atoms with van der Waals surface area (Å²) in [6.07, 6.45) is 2.22. The van der Waals surface area contributed by atoms with Gasteiger partial charge in [-0.15, -0.1) is 0 Å². The van der Waals surface area contributed by atoms with Crippen LogP contribution >= 0.6 is 0 Å². The molecule has 1 aliphatic carbocycles. The maximum absolute atomic E-state index is 12.9. The first-order valence-corrected chi connectivity index (χ1v) is 10.7. The van der Waals surface area contributed by atoms with Crippen molar-refractivity contribution in [1.29, 1.82) is 0 Å². The lowest BCUT2D eigenvalue weighted by Gasteiger charge is -2.35. The summed E-state index contributed by atoms with van der Waals surface area (Å²) < 4.78 is 38.7. The topological polar surface area (TPSA) is 41.3 Å². The average molecular weight is 398 g/mol. The zero-order valence-corrected chi connectivity index (χ0v) is 17.1. The Balaban J connectivity index is 1.54. The van der Waals surface area contributed by atoms with Gasteiger partial charge < -0.3 is 16.0 Å². The van der Waals surface area contributed by atoms with Crippen LogP contribution in [0, 0.1) is 25.7 Å².